The van der Waals surface area contributed by atoms with Crippen molar-refractivity contribution < 1.29 is 4.74 Å². The van der Waals surface area contributed by atoms with E-state index in [2.05, 4.69) is 68.4 Å². The molecule has 1 rings (SSSR count). The molecule has 1 unspecified atom stereocenters. The Morgan fingerprint density at radius 1 is 1.42 bits per heavy atom. The first kappa shape index (κ1) is 24.0. The van der Waals surface area contributed by atoms with Gasteiger partial charge in [0.2, 0.25) is 0 Å². The lowest BCUT2D eigenvalue weighted by molar-refractivity contribution is 0.0450. The van der Waals surface area contributed by atoms with Gasteiger partial charge in [0.15, 0.2) is 6.23 Å². The first-order valence-corrected chi connectivity index (χ1v) is 9.63. The summed E-state index contributed by atoms with van der Waals surface area (Å²) in [6.07, 6.45) is 9.76. The van der Waals surface area contributed by atoms with Crippen molar-refractivity contribution in [3.05, 3.63) is 52.1 Å². The molecule has 148 valence electrons. The monoisotopic (exact) mass is 363 g/mol. The summed E-state index contributed by atoms with van der Waals surface area (Å²) >= 11 is 0. The van der Waals surface area contributed by atoms with E-state index in [-0.39, 0.29) is 12.8 Å². The van der Waals surface area contributed by atoms with Crippen LogP contribution in [-0.4, -0.2) is 23.7 Å². The SMILES string of the molecule is C/C=C(\C)N(/C=C\C(NC(C)C)=C(C)CC)C1CC=C(CN=O)O1.CC. The highest BCUT2D eigenvalue weighted by Gasteiger charge is 2.23. The lowest BCUT2D eigenvalue weighted by Gasteiger charge is -2.28. The molecule has 1 aliphatic heterocycles. The lowest BCUT2D eigenvalue weighted by atomic mass is 10.1. The van der Waals surface area contributed by atoms with Crippen molar-refractivity contribution in [2.75, 3.05) is 6.54 Å². The van der Waals surface area contributed by atoms with Gasteiger partial charge in [0, 0.05) is 30.1 Å². The molecule has 0 fully saturated rings. The van der Waals surface area contributed by atoms with Crippen LogP contribution in [0.3, 0.4) is 0 Å². The number of hydrogen-bond donors (Lipinski definition) is 1. The standard InChI is InChI=1S/C19H31N3O2.C2H6/c1-7-15(5)18(21-14(3)4)11-12-22(16(6)8-2)19-10-9-17(24-19)13-20-23;1-2/h8-9,11-12,14,19,21H,7,10,13H2,1-6H3;1-2H3/b12-11-,16-8+,18-15?;. The van der Waals surface area contributed by atoms with Crippen molar-refractivity contribution in [2.45, 2.75) is 80.5 Å². The Bertz CT molecular complexity index is 545. The van der Waals surface area contributed by atoms with Crippen LogP contribution >= 0.6 is 0 Å². The second-order valence-corrected chi connectivity index (χ2v) is 6.27. The van der Waals surface area contributed by atoms with Crippen molar-refractivity contribution in [3.63, 3.8) is 0 Å². The molecule has 5 heteroatoms. The second-order valence-electron chi connectivity index (χ2n) is 6.27. The minimum atomic E-state index is -0.128. The zero-order valence-electron chi connectivity index (χ0n) is 17.8. The van der Waals surface area contributed by atoms with E-state index < -0.39 is 0 Å². The second kappa shape index (κ2) is 13.2. The van der Waals surface area contributed by atoms with Gasteiger partial charge in [-0.15, -0.1) is 0 Å². The maximum atomic E-state index is 10.4. The zero-order chi connectivity index (χ0) is 20.1. The van der Waals surface area contributed by atoms with Crippen LogP contribution in [0.1, 0.15) is 68.2 Å². The van der Waals surface area contributed by atoms with Gasteiger partial charge < -0.3 is 15.0 Å². The molecule has 1 heterocycles. The summed E-state index contributed by atoms with van der Waals surface area (Å²) in [7, 11) is 0. The molecule has 0 aromatic heterocycles. The van der Waals surface area contributed by atoms with E-state index in [1.165, 1.54) is 5.57 Å². The average Bonchev–Trinajstić information content (AvgIpc) is 3.09. The molecule has 26 heavy (non-hydrogen) atoms. The first-order valence-electron chi connectivity index (χ1n) is 9.63. The Balaban J connectivity index is 0.00000301. The number of nitroso groups, excluding NO2 is 1. The Morgan fingerprint density at radius 3 is 2.58 bits per heavy atom. The van der Waals surface area contributed by atoms with Crippen LogP contribution in [0.4, 0.5) is 0 Å². The summed E-state index contributed by atoms with van der Waals surface area (Å²) < 4.78 is 5.85. The number of allylic oxidation sites excluding steroid dienone is 4. The Morgan fingerprint density at radius 2 is 2.08 bits per heavy atom. The fourth-order valence-electron chi connectivity index (χ4n) is 2.40. The topological polar surface area (TPSA) is 53.9 Å². The Labute approximate surface area is 159 Å². The number of nitrogens with zero attached hydrogens (tertiary/aromatic N) is 2. The van der Waals surface area contributed by atoms with Gasteiger partial charge >= 0.3 is 0 Å². The van der Waals surface area contributed by atoms with E-state index in [0.717, 1.165) is 24.2 Å². The maximum absolute atomic E-state index is 10.4. The van der Waals surface area contributed by atoms with Crippen LogP contribution in [0.15, 0.2) is 52.3 Å². The molecule has 0 aromatic rings. The van der Waals surface area contributed by atoms with Gasteiger partial charge in [-0.2, -0.15) is 4.91 Å². The minimum absolute atomic E-state index is 0.0952. The van der Waals surface area contributed by atoms with Gasteiger partial charge in [0.05, 0.1) is 0 Å². The van der Waals surface area contributed by atoms with Gasteiger partial charge in [-0.3, -0.25) is 0 Å². The number of ether oxygens (including phenoxy) is 1. The maximum Gasteiger partial charge on any atom is 0.179 e. The molecule has 1 atom stereocenters. The molecule has 0 radical (unpaired) electrons. The van der Waals surface area contributed by atoms with Gasteiger partial charge in [-0.05, 0) is 53.2 Å². The fraction of sp³-hybridized carbons (Fsp3) is 0.619. The van der Waals surface area contributed by atoms with E-state index in [4.69, 9.17) is 4.74 Å². The summed E-state index contributed by atoms with van der Waals surface area (Å²) in [4.78, 5) is 12.5. The lowest BCUT2D eigenvalue weighted by Crippen LogP contribution is -2.29. The molecule has 0 saturated carbocycles. The highest BCUT2D eigenvalue weighted by Crippen LogP contribution is 2.24. The molecule has 1 aliphatic rings. The van der Waals surface area contributed by atoms with Crippen LogP contribution in [-0.2, 0) is 4.74 Å². The van der Waals surface area contributed by atoms with Crippen LogP contribution in [0, 0.1) is 4.91 Å². The number of hydrogen-bond acceptors (Lipinski definition) is 5. The summed E-state index contributed by atoms with van der Waals surface area (Å²) in [6, 6.07) is 0.372. The average molecular weight is 364 g/mol. The van der Waals surface area contributed by atoms with Crippen molar-refractivity contribution >= 4 is 0 Å². The van der Waals surface area contributed by atoms with Gasteiger partial charge in [0.25, 0.3) is 0 Å². The van der Waals surface area contributed by atoms with E-state index in [0.29, 0.717) is 11.8 Å². The van der Waals surface area contributed by atoms with Crippen LogP contribution in [0.5, 0.6) is 0 Å². The molecule has 0 spiro atoms. The van der Waals surface area contributed by atoms with Crippen LogP contribution in [0.2, 0.25) is 0 Å². The third-order valence-corrected chi connectivity index (χ3v) is 4.03. The number of rotatable bonds is 9. The third-order valence-electron chi connectivity index (χ3n) is 4.03. The molecule has 0 amide bonds. The molecule has 0 bridgehead atoms. The molecular weight excluding hydrogens is 326 g/mol. The molecular formula is C21H37N3O2. The summed E-state index contributed by atoms with van der Waals surface area (Å²) in [5.41, 5.74) is 3.56. The van der Waals surface area contributed by atoms with Crippen molar-refractivity contribution in [3.8, 4) is 0 Å². The van der Waals surface area contributed by atoms with Gasteiger partial charge in [-0.25, -0.2) is 0 Å². The van der Waals surface area contributed by atoms with Gasteiger partial charge in [0.1, 0.15) is 12.3 Å². The minimum Gasteiger partial charge on any atom is -0.472 e. The molecule has 0 aromatic carbocycles. The first-order chi connectivity index (χ1) is 12.4. The summed E-state index contributed by atoms with van der Waals surface area (Å²) in [5.74, 6) is 0.651. The molecule has 5 nitrogen and oxygen atoms in total. The number of nitrogens with one attached hydrogen (secondary N) is 1. The van der Waals surface area contributed by atoms with Crippen LogP contribution in [0.25, 0.3) is 0 Å². The normalized spacial score (nSPS) is 18.0. The van der Waals surface area contributed by atoms with E-state index >= 15 is 0 Å². The highest BCUT2D eigenvalue weighted by molar-refractivity contribution is 5.24. The van der Waals surface area contributed by atoms with Crippen LogP contribution < -0.4 is 5.32 Å². The third kappa shape index (κ3) is 7.89. The van der Waals surface area contributed by atoms with Crippen molar-refractivity contribution in [2.24, 2.45) is 5.18 Å². The molecule has 1 N–H and O–H groups in total. The zero-order valence-corrected chi connectivity index (χ0v) is 17.8. The fourth-order valence-corrected chi connectivity index (χ4v) is 2.40. The molecule has 0 saturated heterocycles. The van der Waals surface area contributed by atoms with E-state index in [1.54, 1.807) is 0 Å². The largest absolute Gasteiger partial charge is 0.472 e. The smallest absolute Gasteiger partial charge is 0.179 e. The Hall–Kier alpha value is -2.04. The summed E-state index contributed by atoms with van der Waals surface area (Å²) in [5, 5.41) is 6.40. The Kier molecular flexibility index (Phi) is 12.2. The van der Waals surface area contributed by atoms with E-state index in [1.807, 2.05) is 26.8 Å². The van der Waals surface area contributed by atoms with E-state index in [9.17, 15) is 4.91 Å². The van der Waals surface area contributed by atoms with Crippen molar-refractivity contribution in [1.82, 2.24) is 10.2 Å². The highest BCUT2D eigenvalue weighted by atomic mass is 16.5. The molecule has 0 aliphatic carbocycles. The van der Waals surface area contributed by atoms with Gasteiger partial charge in [-0.1, -0.05) is 37.6 Å². The predicted molar refractivity (Wildman–Crippen MR) is 111 cm³/mol. The quantitative estimate of drug-likeness (QED) is 0.413. The predicted octanol–water partition coefficient (Wildman–Crippen LogP) is 5.83. The van der Waals surface area contributed by atoms with Crippen molar-refractivity contribution in [1.29, 1.82) is 0 Å². The summed E-state index contributed by atoms with van der Waals surface area (Å²) in [6.45, 7) is 16.7.